The van der Waals surface area contributed by atoms with Crippen molar-refractivity contribution in [3.05, 3.63) is 42.0 Å². The normalized spacial score (nSPS) is 12.8. The van der Waals surface area contributed by atoms with Gasteiger partial charge in [0.25, 0.3) is 10.1 Å². The minimum absolute atomic E-state index is 0.164. The molecule has 0 saturated heterocycles. The summed E-state index contributed by atoms with van der Waals surface area (Å²) in [6, 6.07) is 5.73. The Hall–Kier alpha value is -1.66. The van der Waals surface area contributed by atoms with E-state index in [2.05, 4.69) is 6.58 Å². The van der Waals surface area contributed by atoms with E-state index in [0.717, 1.165) is 5.56 Å². The second kappa shape index (κ2) is 5.99. The predicted octanol–water partition coefficient (Wildman–Crippen LogP) is 1.98. The highest BCUT2D eigenvalue weighted by atomic mass is 32.2. The molecule has 0 heterocycles. The summed E-state index contributed by atoms with van der Waals surface area (Å²) in [4.78, 5) is 11.1. The SMILES string of the molecule is C=C(C)C(=O)OC(C)Cc1ccc(S(=O)(=O)O)cc1. The molecule has 0 spiro atoms. The number of esters is 1. The van der Waals surface area contributed by atoms with Crippen LogP contribution in [0.4, 0.5) is 0 Å². The van der Waals surface area contributed by atoms with Crippen molar-refractivity contribution in [2.75, 3.05) is 0 Å². The fourth-order valence-corrected chi connectivity index (χ4v) is 1.93. The molecule has 5 nitrogen and oxygen atoms in total. The minimum Gasteiger partial charge on any atom is -0.459 e. The van der Waals surface area contributed by atoms with Crippen molar-refractivity contribution in [2.45, 2.75) is 31.3 Å². The Balaban J connectivity index is 2.68. The number of carbonyl (C=O) groups excluding carboxylic acids is 1. The zero-order valence-corrected chi connectivity index (χ0v) is 11.6. The maximum absolute atomic E-state index is 11.3. The van der Waals surface area contributed by atoms with E-state index in [-0.39, 0.29) is 11.0 Å². The third-order valence-electron chi connectivity index (χ3n) is 2.40. The van der Waals surface area contributed by atoms with Crippen LogP contribution in [0.25, 0.3) is 0 Å². The van der Waals surface area contributed by atoms with Crippen molar-refractivity contribution < 1.29 is 22.5 Å². The van der Waals surface area contributed by atoms with Gasteiger partial charge in [-0.05, 0) is 31.5 Å². The van der Waals surface area contributed by atoms with Crippen LogP contribution in [0.15, 0.2) is 41.3 Å². The Kier molecular flexibility index (Phi) is 4.85. The second-order valence-electron chi connectivity index (χ2n) is 4.32. The fraction of sp³-hybridized carbons (Fsp3) is 0.308. The van der Waals surface area contributed by atoms with Crippen molar-refractivity contribution in [3.63, 3.8) is 0 Å². The molecule has 0 aromatic heterocycles. The van der Waals surface area contributed by atoms with Gasteiger partial charge in [-0.1, -0.05) is 18.7 Å². The van der Waals surface area contributed by atoms with Crippen LogP contribution in [0.1, 0.15) is 19.4 Å². The number of carbonyl (C=O) groups is 1. The lowest BCUT2D eigenvalue weighted by Gasteiger charge is -2.13. The van der Waals surface area contributed by atoms with E-state index in [1.54, 1.807) is 26.0 Å². The van der Waals surface area contributed by atoms with Gasteiger partial charge in [-0.2, -0.15) is 8.42 Å². The largest absolute Gasteiger partial charge is 0.459 e. The smallest absolute Gasteiger partial charge is 0.333 e. The van der Waals surface area contributed by atoms with Crippen LogP contribution in [-0.2, 0) is 26.1 Å². The van der Waals surface area contributed by atoms with Crippen LogP contribution in [0, 0.1) is 0 Å². The summed E-state index contributed by atoms with van der Waals surface area (Å²) in [5.74, 6) is -0.456. The molecule has 0 amide bonds. The van der Waals surface area contributed by atoms with Crippen LogP contribution in [0.3, 0.4) is 0 Å². The Morgan fingerprint density at radius 1 is 1.37 bits per heavy atom. The van der Waals surface area contributed by atoms with E-state index in [4.69, 9.17) is 9.29 Å². The molecule has 0 fully saturated rings. The molecule has 0 radical (unpaired) electrons. The minimum atomic E-state index is -4.18. The number of hydrogen-bond acceptors (Lipinski definition) is 4. The summed E-state index contributed by atoms with van der Waals surface area (Å²) in [5, 5.41) is 0. The van der Waals surface area contributed by atoms with Gasteiger partial charge in [0.1, 0.15) is 6.10 Å². The molecule has 1 N–H and O–H groups in total. The molecule has 0 saturated carbocycles. The summed E-state index contributed by atoms with van der Waals surface area (Å²) in [6.07, 6.45) is 0.103. The highest BCUT2D eigenvalue weighted by Crippen LogP contribution is 2.13. The van der Waals surface area contributed by atoms with Gasteiger partial charge in [0.2, 0.25) is 0 Å². The Bertz CT molecular complexity index is 572. The molecule has 1 aromatic rings. The van der Waals surface area contributed by atoms with Crippen molar-refractivity contribution in [1.82, 2.24) is 0 Å². The fourth-order valence-electron chi connectivity index (χ4n) is 1.45. The summed E-state index contributed by atoms with van der Waals surface area (Å²) < 4.78 is 35.7. The molecule has 1 aromatic carbocycles. The van der Waals surface area contributed by atoms with Gasteiger partial charge in [0, 0.05) is 12.0 Å². The number of ether oxygens (including phenoxy) is 1. The predicted molar refractivity (Wildman–Crippen MR) is 70.3 cm³/mol. The number of rotatable bonds is 5. The standard InChI is InChI=1S/C13H16O5S/c1-9(2)13(14)18-10(3)8-11-4-6-12(7-5-11)19(15,16)17/h4-7,10H,1,8H2,2-3H3,(H,15,16,17). The van der Waals surface area contributed by atoms with E-state index in [0.29, 0.717) is 12.0 Å². The van der Waals surface area contributed by atoms with Crippen molar-refractivity contribution in [1.29, 1.82) is 0 Å². The molecule has 0 bridgehead atoms. The summed E-state index contributed by atoms with van der Waals surface area (Å²) in [6.45, 7) is 6.78. The summed E-state index contributed by atoms with van der Waals surface area (Å²) >= 11 is 0. The van der Waals surface area contributed by atoms with E-state index < -0.39 is 16.1 Å². The Morgan fingerprint density at radius 3 is 2.32 bits per heavy atom. The molecular formula is C13H16O5S. The Morgan fingerprint density at radius 2 is 1.89 bits per heavy atom. The molecule has 1 unspecified atom stereocenters. The van der Waals surface area contributed by atoms with E-state index >= 15 is 0 Å². The number of hydrogen-bond donors (Lipinski definition) is 1. The molecule has 6 heteroatoms. The van der Waals surface area contributed by atoms with Gasteiger partial charge in [-0.25, -0.2) is 4.79 Å². The topological polar surface area (TPSA) is 80.7 Å². The third-order valence-corrected chi connectivity index (χ3v) is 3.27. The highest BCUT2D eigenvalue weighted by molar-refractivity contribution is 7.85. The lowest BCUT2D eigenvalue weighted by atomic mass is 10.1. The maximum Gasteiger partial charge on any atom is 0.333 e. The van der Waals surface area contributed by atoms with Crippen molar-refractivity contribution in [3.8, 4) is 0 Å². The van der Waals surface area contributed by atoms with Gasteiger partial charge >= 0.3 is 5.97 Å². The first kappa shape index (κ1) is 15.4. The molecule has 0 aliphatic rings. The molecule has 1 atom stereocenters. The van der Waals surface area contributed by atoms with E-state index in [1.807, 2.05) is 0 Å². The quantitative estimate of drug-likeness (QED) is 0.508. The molecule has 0 aliphatic carbocycles. The van der Waals surface area contributed by atoms with Crippen LogP contribution >= 0.6 is 0 Å². The maximum atomic E-state index is 11.3. The zero-order chi connectivity index (χ0) is 14.6. The average molecular weight is 284 g/mol. The van der Waals surface area contributed by atoms with Crippen LogP contribution < -0.4 is 0 Å². The lowest BCUT2D eigenvalue weighted by Crippen LogP contribution is -2.17. The van der Waals surface area contributed by atoms with Gasteiger partial charge < -0.3 is 4.74 Å². The Labute approximate surface area is 112 Å². The monoisotopic (exact) mass is 284 g/mol. The third kappa shape index (κ3) is 4.84. The molecule has 1 rings (SSSR count). The van der Waals surface area contributed by atoms with Crippen molar-refractivity contribution in [2.24, 2.45) is 0 Å². The summed E-state index contributed by atoms with van der Waals surface area (Å²) in [7, 11) is -4.18. The second-order valence-corrected chi connectivity index (χ2v) is 5.74. The summed E-state index contributed by atoms with van der Waals surface area (Å²) in [5.41, 5.74) is 1.13. The molecule has 104 valence electrons. The zero-order valence-electron chi connectivity index (χ0n) is 10.8. The first-order valence-corrected chi connectivity index (χ1v) is 7.07. The van der Waals surface area contributed by atoms with Gasteiger partial charge in [0.15, 0.2) is 0 Å². The average Bonchev–Trinajstić information content (AvgIpc) is 2.28. The molecular weight excluding hydrogens is 268 g/mol. The van der Waals surface area contributed by atoms with Crippen molar-refractivity contribution >= 4 is 16.1 Å². The van der Waals surface area contributed by atoms with Crippen LogP contribution in [0.5, 0.6) is 0 Å². The first-order chi connectivity index (χ1) is 8.70. The van der Waals surface area contributed by atoms with E-state index in [9.17, 15) is 13.2 Å². The van der Waals surface area contributed by atoms with Gasteiger partial charge in [-0.15, -0.1) is 0 Å². The van der Waals surface area contributed by atoms with Gasteiger partial charge in [0.05, 0.1) is 4.90 Å². The number of benzene rings is 1. The first-order valence-electron chi connectivity index (χ1n) is 5.63. The van der Waals surface area contributed by atoms with Crippen LogP contribution in [-0.4, -0.2) is 25.0 Å². The lowest BCUT2D eigenvalue weighted by molar-refractivity contribution is -0.143. The highest BCUT2D eigenvalue weighted by Gasteiger charge is 2.12. The molecule has 19 heavy (non-hydrogen) atoms. The van der Waals surface area contributed by atoms with Gasteiger partial charge in [-0.3, -0.25) is 4.55 Å². The molecule has 0 aliphatic heterocycles. The van der Waals surface area contributed by atoms with E-state index in [1.165, 1.54) is 12.1 Å². The van der Waals surface area contributed by atoms with Crippen LogP contribution in [0.2, 0.25) is 0 Å².